The smallest absolute Gasteiger partial charge is 0.320 e. The third kappa shape index (κ3) is 8.21. The van der Waals surface area contributed by atoms with Crippen LogP contribution in [0.15, 0.2) is 0 Å². The van der Waals surface area contributed by atoms with E-state index in [9.17, 15) is 4.57 Å². The molecule has 0 aliphatic heterocycles. The molecule has 1 atom stereocenters. The van der Waals surface area contributed by atoms with E-state index in [4.69, 9.17) is 4.52 Å². The number of hydrogen-bond donors (Lipinski definition) is 2. The lowest BCUT2D eigenvalue weighted by atomic mass is 10.2. The van der Waals surface area contributed by atoms with E-state index in [0.29, 0.717) is 6.61 Å². The summed E-state index contributed by atoms with van der Waals surface area (Å²) in [5.41, 5.74) is 2.31. The second kappa shape index (κ2) is 10.2. The Balaban J connectivity index is 3.45. The molecule has 2 N–H and O–H groups in total. The standard InChI is InChI=1S/C9H23N2O4P/c1-10-8-6-4-5-7-9-14-16(12,13-3)15-11-2/h10-11H,4-9H2,1-3H3. The highest BCUT2D eigenvalue weighted by molar-refractivity contribution is 7.48. The van der Waals surface area contributed by atoms with Crippen LogP contribution in [-0.2, 0) is 18.2 Å². The largest absolute Gasteiger partial charge is 0.491 e. The minimum atomic E-state index is -3.39. The molecule has 7 heteroatoms. The molecule has 0 bridgehead atoms. The molecule has 1 unspecified atom stereocenters. The molecule has 0 heterocycles. The van der Waals surface area contributed by atoms with Crippen molar-refractivity contribution in [1.29, 1.82) is 0 Å². The number of rotatable bonds is 11. The van der Waals surface area contributed by atoms with Crippen molar-refractivity contribution < 1.29 is 18.2 Å². The van der Waals surface area contributed by atoms with E-state index in [0.717, 1.165) is 32.2 Å². The summed E-state index contributed by atoms with van der Waals surface area (Å²) >= 11 is 0. The average Bonchev–Trinajstić information content (AvgIpc) is 2.28. The maximum absolute atomic E-state index is 11.6. The number of phosphoric acid groups is 1. The minimum absolute atomic E-state index is 0.381. The van der Waals surface area contributed by atoms with Gasteiger partial charge in [0.15, 0.2) is 0 Å². The molecule has 0 aromatic carbocycles. The fourth-order valence-electron chi connectivity index (χ4n) is 1.16. The number of unbranched alkanes of at least 4 members (excludes halogenated alkanes) is 3. The van der Waals surface area contributed by atoms with Crippen LogP contribution >= 0.6 is 7.82 Å². The molecule has 0 rings (SSSR count). The van der Waals surface area contributed by atoms with Gasteiger partial charge in [-0.05, 0) is 26.4 Å². The van der Waals surface area contributed by atoms with Gasteiger partial charge in [-0.2, -0.15) is 10.1 Å². The van der Waals surface area contributed by atoms with Gasteiger partial charge < -0.3 is 5.32 Å². The Morgan fingerprint density at radius 2 is 1.81 bits per heavy atom. The van der Waals surface area contributed by atoms with E-state index in [1.807, 2.05) is 7.05 Å². The number of nitrogens with one attached hydrogen (secondary N) is 2. The van der Waals surface area contributed by atoms with Gasteiger partial charge in [-0.15, -0.1) is 0 Å². The molecule has 98 valence electrons. The average molecular weight is 254 g/mol. The fourth-order valence-corrected chi connectivity index (χ4v) is 1.97. The molecule has 6 nitrogen and oxygen atoms in total. The lowest BCUT2D eigenvalue weighted by Crippen LogP contribution is -2.09. The molecule has 16 heavy (non-hydrogen) atoms. The Morgan fingerprint density at radius 3 is 2.38 bits per heavy atom. The van der Waals surface area contributed by atoms with Gasteiger partial charge in [-0.25, -0.2) is 4.57 Å². The van der Waals surface area contributed by atoms with Gasteiger partial charge >= 0.3 is 7.82 Å². The number of hydroxylamine groups is 1. The van der Waals surface area contributed by atoms with Gasteiger partial charge in [-0.3, -0.25) is 9.05 Å². The maximum Gasteiger partial charge on any atom is 0.491 e. The monoisotopic (exact) mass is 254 g/mol. The lowest BCUT2D eigenvalue weighted by molar-refractivity contribution is 0.0933. The normalized spacial score (nSPS) is 14.9. The molecule has 0 aromatic heterocycles. The van der Waals surface area contributed by atoms with Crippen molar-refractivity contribution in [3.63, 3.8) is 0 Å². The van der Waals surface area contributed by atoms with Crippen LogP contribution in [0.5, 0.6) is 0 Å². The Kier molecular flexibility index (Phi) is 10.2. The van der Waals surface area contributed by atoms with Crippen LogP contribution < -0.4 is 10.8 Å². The van der Waals surface area contributed by atoms with Crippen LogP contribution in [0.1, 0.15) is 25.7 Å². The van der Waals surface area contributed by atoms with E-state index in [1.165, 1.54) is 14.2 Å². The van der Waals surface area contributed by atoms with Crippen molar-refractivity contribution in [2.45, 2.75) is 25.7 Å². The summed E-state index contributed by atoms with van der Waals surface area (Å²) in [5.74, 6) is 0. The molecular weight excluding hydrogens is 231 g/mol. The van der Waals surface area contributed by atoms with E-state index in [-0.39, 0.29) is 0 Å². The Hall–Kier alpha value is 0.0300. The van der Waals surface area contributed by atoms with Gasteiger partial charge in [0, 0.05) is 14.2 Å². The van der Waals surface area contributed by atoms with Crippen LogP contribution in [0.2, 0.25) is 0 Å². The van der Waals surface area contributed by atoms with Gasteiger partial charge in [0.2, 0.25) is 0 Å². The predicted molar refractivity (Wildman–Crippen MR) is 63.1 cm³/mol. The summed E-state index contributed by atoms with van der Waals surface area (Å²) < 4.78 is 26.0. The summed E-state index contributed by atoms with van der Waals surface area (Å²) in [6.45, 7) is 1.41. The Labute approximate surface area is 97.6 Å². The second-order valence-electron chi connectivity index (χ2n) is 3.28. The minimum Gasteiger partial charge on any atom is -0.320 e. The molecule has 0 amide bonds. The van der Waals surface area contributed by atoms with Crippen LogP contribution in [-0.4, -0.2) is 34.4 Å². The Bertz CT molecular complexity index is 204. The number of phosphoric ester groups is 1. The summed E-state index contributed by atoms with van der Waals surface area (Å²) in [7, 11) is 1.36. The van der Waals surface area contributed by atoms with Crippen molar-refractivity contribution in [2.24, 2.45) is 0 Å². The van der Waals surface area contributed by atoms with Gasteiger partial charge in [0.25, 0.3) is 0 Å². The molecule has 0 radical (unpaired) electrons. The first-order chi connectivity index (χ1) is 7.68. The molecular formula is C9H23N2O4P. The summed E-state index contributed by atoms with van der Waals surface area (Å²) in [5, 5.41) is 3.08. The molecule has 0 spiro atoms. The summed E-state index contributed by atoms with van der Waals surface area (Å²) in [6, 6.07) is 0. The number of hydrogen-bond acceptors (Lipinski definition) is 6. The highest BCUT2D eigenvalue weighted by Gasteiger charge is 2.24. The van der Waals surface area contributed by atoms with Crippen molar-refractivity contribution >= 4 is 7.82 Å². The first kappa shape index (κ1) is 16.0. The van der Waals surface area contributed by atoms with Crippen molar-refractivity contribution in [3.05, 3.63) is 0 Å². The van der Waals surface area contributed by atoms with E-state index >= 15 is 0 Å². The molecule has 0 fully saturated rings. The fraction of sp³-hybridized carbons (Fsp3) is 1.00. The maximum atomic E-state index is 11.6. The van der Waals surface area contributed by atoms with Gasteiger partial charge in [0.1, 0.15) is 0 Å². The highest BCUT2D eigenvalue weighted by Crippen LogP contribution is 2.47. The zero-order valence-corrected chi connectivity index (χ0v) is 11.2. The zero-order chi connectivity index (χ0) is 12.3. The molecule has 0 saturated heterocycles. The van der Waals surface area contributed by atoms with Crippen molar-refractivity contribution in [3.8, 4) is 0 Å². The van der Waals surface area contributed by atoms with Crippen molar-refractivity contribution in [2.75, 3.05) is 34.4 Å². The topological polar surface area (TPSA) is 68.8 Å². The quantitative estimate of drug-likeness (QED) is 0.332. The van der Waals surface area contributed by atoms with E-state index in [1.54, 1.807) is 0 Å². The predicted octanol–water partition coefficient (Wildman–Crippen LogP) is 1.69. The molecule has 0 saturated carbocycles. The van der Waals surface area contributed by atoms with Crippen LogP contribution in [0.25, 0.3) is 0 Å². The first-order valence-corrected chi connectivity index (χ1v) is 6.95. The van der Waals surface area contributed by atoms with Crippen LogP contribution in [0, 0.1) is 0 Å². The van der Waals surface area contributed by atoms with E-state index in [2.05, 4.69) is 19.9 Å². The summed E-state index contributed by atoms with van der Waals surface area (Å²) in [6.07, 6.45) is 4.18. The second-order valence-corrected chi connectivity index (χ2v) is 4.98. The van der Waals surface area contributed by atoms with Crippen molar-refractivity contribution in [1.82, 2.24) is 10.8 Å². The van der Waals surface area contributed by atoms with Gasteiger partial charge in [0.05, 0.1) is 6.61 Å². The van der Waals surface area contributed by atoms with Crippen LogP contribution in [0.4, 0.5) is 0 Å². The first-order valence-electron chi connectivity index (χ1n) is 5.48. The lowest BCUT2D eigenvalue weighted by Gasteiger charge is -2.14. The van der Waals surface area contributed by atoms with Crippen LogP contribution in [0.3, 0.4) is 0 Å². The SMILES string of the molecule is CNCCCCCCOP(=O)(OC)ONC. The molecule has 0 aliphatic rings. The molecule has 0 aromatic rings. The Morgan fingerprint density at radius 1 is 1.12 bits per heavy atom. The highest BCUT2D eigenvalue weighted by atomic mass is 31.2. The molecule has 0 aliphatic carbocycles. The van der Waals surface area contributed by atoms with Gasteiger partial charge in [-0.1, -0.05) is 12.8 Å². The third-order valence-electron chi connectivity index (χ3n) is 2.00. The third-order valence-corrected chi connectivity index (χ3v) is 3.35. The van der Waals surface area contributed by atoms with E-state index < -0.39 is 7.82 Å². The summed E-state index contributed by atoms with van der Waals surface area (Å²) in [4.78, 5) is 0. The zero-order valence-electron chi connectivity index (χ0n) is 10.3.